The van der Waals surface area contributed by atoms with Gasteiger partial charge in [0.05, 0.1) is 0 Å². The molecule has 3 rings (SSSR count). The Morgan fingerprint density at radius 2 is 1.67 bits per heavy atom. The number of carbonyl (C=O) groups excluding carboxylic acids is 1. The molecule has 0 unspecified atom stereocenters. The van der Waals surface area contributed by atoms with E-state index >= 15 is 0 Å². The van der Waals surface area contributed by atoms with E-state index in [2.05, 4.69) is 26.0 Å². The predicted octanol–water partition coefficient (Wildman–Crippen LogP) is 4.03. The van der Waals surface area contributed by atoms with Crippen LogP contribution >= 0.6 is 15.9 Å². The molecule has 0 amide bonds. The summed E-state index contributed by atoms with van der Waals surface area (Å²) in [5.74, 6) is 0.933. The third-order valence-corrected chi connectivity index (χ3v) is 3.57. The minimum Gasteiger partial charge on any atom is -0.273 e. The first-order chi connectivity index (χ1) is 10.1. The van der Waals surface area contributed by atoms with Crippen molar-refractivity contribution in [1.29, 1.82) is 0 Å². The van der Waals surface area contributed by atoms with Crippen LogP contribution in [0.4, 0.5) is 0 Å². The molecule has 21 heavy (non-hydrogen) atoms. The highest BCUT2D eigenvalue weighted by atomic mass is 79.9. The second kappa shape index (κ2) is 5.61. The Morgan fingerprint density at radius 1 is 1.00 bits per heavy atom. The van der Waals surface area contributed by atoms with Gasteiger partial charge in [0, 0.05) is 22.5 Å². The molecule has 4 nitrogen and oxygen atoms in total. The number of aromatic nitrogens is 3. The minimum absolute atomic E-state index is 0.162. The van der Waals surface area contributed by atoms with Gasteiger partial charge < -0.3 is 0 Å². The van der Waals surface area contributed by atoms with E-state index in [9.17, 15) is 4.79 Å². The van der Waals surface area contributed by atoms with Crippen LogP contribution in [0.25, 0.3) is 22.8 Å². The van der Waals surface area contributed by atoms with Gasteiger partial charge >= 0.3 is 0 Å². The van der Waals surface area contributed by atoms with Crippen LogP contribution in [0.3, 0.4) is 0 Å². The van der Waals surface area contributed by atoms with Gasteiger partial charge in [0.15, 0.2) is 11.6 Å². The van der Waals surface area contributed by atoms with E-state index in [1.54, 1.807) is 0 Å². The minimum atomic E-state index is -0.162. The molecule has 5 heteroatoms. The SMILES string of the molecule is CC(=O)n1nc(-c2ccc(Br)cc2)nc1-c1ccccc1. The van der Waals surface area contributed by atoms with E-state index in [1.165, 1.54) is 11.6 Å². The quantitative estimate of drug-likeness (QED) is 0.706. The Labute approximate surface area is 130 Å². The lowest BCUT2D eigenvalue weighted by Gasteiger charge is -2.00. The van der Waals surface area contributed by atoms with Crippen molar-refractivity contribution in [2.45, 2.75) is 6.92 Å². The topological polar surface area (TPSA) is 47.8 Å². The van der Waals surface area contributed by atoms with Crippen LogP contribution in [0.2, 0.25) is 0 Å². The summed E-state index contributed by atoms with van der Waals surface area (Å²) in [7, 11) is 0. The van der Waals surface area contributed by atoms with Gasteiger partial charge in [-0.15, -0.1) is 5.10 Å². The van der Waals surface area contributed by atoms with E-state index in [1.807, 2.05) is 54.6 Å². The largest absolute Gasteiger partial charge is 0.273 e. The van der Waals surface area contributed by atoms with Crippen LogP contribution in [-0.2, 0) is 0 Å². The zero-order valence-corrected chi connectivity index (χ0v) is 12.9. The fourth-order valence-electron chi connectivity index (χ4n) is 2.03. The molecule has 0 radical (unpaired) electrons. The van der Waals surface area contributed by atoms with Gasteiger partial charge in [0.1, 0.15) is 0 Å². The van der Waals surface area contributed by atoms with Crippen molar-refractivity contribution < 1.29 is 4.79 Å². The molecule has 1 aromatic heterocycles. The number of hydrogen-bond donors (Lipinski definition) is 0. The van der Waals surface area contributed by atoms with Crippen LogP contribution in [0.1, 0.15) is 11.7 Å². The predicted molar refractivity (Wildman–Crippen MR) is 84.9 cm³/mol. The highest BCUT2D eigenvalue weighted by Gasteiger charge is 2.15. The molecule has 0 bridgehead atoms. The summed E-state index contributed by atoms with van der Waals surface area (Å²) in [6, 6.07) is 17.2. The van der Waals surface area contributed by atoms with Gasteiger partial charge in [0.2, 0.25) is 5.91 Å². The number of carbonyl (C=O) groups is 1. The Hall–Kier alpha value is -2.27. The van der Waals surface area contributed by atoms with E-state index in [0.29, 0.717) is 11.6 Å². The summed E-state index contributed by atoms with van der Waals surface area (Å²) in [5.41, 5.74) is 1.74. The van der Waals surface area contributed by atoms with Crippen molar-refractivity contribution in [3.05, 3.63) is 59.1 Å². The normalized spacial score (nSPS) is 10.6. The maximum atomic E-state index is 11.8. The summed E-state index contributed by atoms with van der Waals surface area (Å²) in [6.07, 6.45) is 0. The number of halogens is 1. The molecule has 0 fully saturated rings. The first-order valence-corrected chi connectivity index (χ1v) is 7.24. The van der Waals surface area contributed by atoms with Gasteiger partial charge in [-0.3, -0.25) is 4.79 Å². The summed E-state index contributed by atoms with van der Waals surface area (Å²) in [4.78, 5) is 16.3. The monoisotopic (exact) mass is 341 g/mol. The lowest BCUT2D eigenvalue weighted by Crippen LogP contribution is -2.09. The lowest BCUT2D eigenvalue weighted by atomic mass is 10.2. The Morgan fingerprint density at radius 3 is 2.29 bits per heavy atom. The molecule has 0 saturated heterocycles. The fourth-order valence-corrected chi connectivity index (χ4v) is 2.29. The van der Waals surface area contributed by atoms with E-state index in [0.717, 1.165) is 15.6 Å². The highest BCUT2D eigenvalue weighted by molar-refractivity contribution is 9.10. The molecule has 0 atom stereocenters. The maximum Gasteiger partial charge on any atom is 0.245 e. The van der Waals surface area contributed by atoms with E-state index in [-0.39, 0.29) is 5.91 Å². The molecule has 0 aliphatic rings. The van der Waals surface area contributed by atoms with Crippen LogP contribution in [-0.4, -0.2) is 20.7 Å². The van der Waals surface area contributed by atoms with E-state index < -0.39 is 0 Å². The van der Waals surface area contributed by atoms with Gasteiger partial charge in [-0.05, 0) is 12.1 Å². The zero-order valence-electron chi connectivity index (χ0n) is 11.3. The van der Waals surface area contributed by atoms with Gasteiger partial charge in [-0.1, -0.05) is 58.4 Å². The van der Waals surface area contributed by atoms with Crippen molar-refractivity contribution >= 4 is 21.8 Å². The molecular formula is C16H12BrN3O. The molecule has 0 spiro atoms. The number of benzene rings is 2. The molecule has 0 saturated carbocycles. The Kier molecular flexibility index (Phi) is 3.66. The first kappa shape index (κ1) is 13.7. The second-order valence-corrected chi connectivity index (χ2v) is 5.48. The van der Waals surface area contributed by atoms with Gasteiger partial charge in [-0.25, -0.2) is 4.98 Å². The summed E-state index contributed by atoms with van der Waals surface area (Å²) in [6.45, 7) is 1.48. The average Bonchev–Trinajstić information content (AvgIpc) is 2.94. The van der Waals surface area contributed by atoms with Crippen LogP contribution in [0, 0.1) is 0 Å². The van der Waals surface area contributed by atoms with Crippen molar-refractivity contribution in [3.63, 3.8) is 0 Å². The van der Waals surface area contributed by atoms with Gasteiger partial charge in [-0.2, -0.15) is 4.68 Å². The molecule has 3 aromatic rings. The third-order valence-electron chi connectivity index (χ3n) is 3.04. The molecular weight excluding hydrogens is 330 g/mol. The third kappa shape index (κ3) is 2.78. The zero-order chi connectivity index (χ0) is 14.8. The van der Waals surface area contributed by atoms with Gasteiger partial charge in [0.25, 0.3) is 0 Å². The van der Waals surface area contributed by atoms with Crippen molar-refractivity contribution in [2.75, 3.05) is 0 Å². The number of nitrogens with zero attached hydrogens (tertiary/aromatic N) is 3. The molecule has 0 aliphatic carbocycles. The standard InChI is InChI=1S/C16H12BrN3O/c1-11(21)20-16(13-5-3-2-4-6-13)18-15(19-20)12-7-9-14(17)10-8-12/h2-10H,1H3. The molecule has 2 aromatic carbocycles. The van der Waals surface area contributed by atoms with Crippen LogP contribution in [0.5, 0.6) is 0 Å². The molecule has 0 aliphatic heterocycles. The summed E-state index contributed by atoms with van der Waals surface area (Å²) < 4.78 is 2.33. The second-order valence-electron chi connectivity index (χ2n) is 4.56. The van der Waals surface area contributed by atoms with Crippen LogP contribution in [0.15, 0.2) is 59.1 Å². The molecule has 0 N–H and O–H groups in total. The molecule has 104 valence electrons. The van der Waals surface area contributed by atoms with E-state index in [4.69, 9.17) is 0 Å². The Bertz CT molecular complexity index is 779. The van der Waals surface area contributed by atoms with Crippen molar-refractivity contribution in [3.8, 4) is 22.8 Å². The maximum absolute atomic E-state index is 11.8. The smallest absolute Gasteiger partial charge is 0.245 e. The lowest BCUT2D eigenvalue weighted by molar-refractivity contribution is 0.0923. The average molecular weight is 342 g/mol. The summed E-state index contributed by atoms with van der Waals surface area (Å²) >= 11 is 3.40. The number of hydrogen-bond acceptors (Lipinski definition) is 3. The number of rotatable bonds is 2. The van der Waals surface area contributed by atoms with Crippen molar-refractivity contribution in [2.24, 2.45) is 0 Å². The first-order valence-electron chi connectivity index (χ1n) is 6.44. The summed E-state index contributed by atoms with van der Waals surface area (Å²) in [5, 5.41) is 4.33. The van der Waals surface area contributed by atoms with Crippen LogP contribution < -0.4 is 0 Å². The Balaban J connectivity index is 2.13. The molecule has 1 heterocycles. The fraction of sp³-hybridized carbons (Fsp3) is 0.0625. The van der Waals surface area contributed by atoms with Crippen molar-refractivity contribution in [1.82, 2.24) is 14.8 Å². The highest BCUT2D eigenvalue weighted by Crippen LogP contribution is 2.23.